The first-order valence-corrected chi connectivity index (χ1v) is 4.92. The van der Waals surface area contributed by atoms with Crippen LogP contribution in [-0.2, 0) is 6.42 Å². The first-order chi connectivity index (χ1) is 5.77. The van der Waals surface area contributed by atoms with Crippen molar-refractivity contribution in [3.63, 3.8) is 0 Å². The minimum atomic E-state index is 0.178. The third kappa shape index (κ3) is 2.19. The molecular formula is C8H14N2OS. The van der Waals surface area contributed by atoms with Gasteiger partial charge in [0.05, 0.1) is 12.3 Å². The van der Waals surface area contributed by atoms with Gasteiger partial charge in [0.15, 0.2) is 5.13 Å². The zero-order chi connectivity index (χ0) is 8.97. The molecule has 12 heavy (non-hydrogen) atoms. The van der Waals surface area contributed by atoms with Crippen LogP contribution in [0.4, 0.5) is 5.13 Å². The van der Waals surface area contributed by atoms with Crippen LogP contribution in [0.3, 0.4) is 0 Å². The van der Waals surface area contributed by atoms with Crippen molar-refractivity contribution in [1.82, 2.24) is 4.98 Å². The van der Waals surface area contributed by atoms with Crippen LogP contribution in [0.1, 0.15) is 12.6 Å². The van der Waals surface area contributed by atoms with E-state index in [1.807, 2.05) is 11.9 Å². The molecule has 0 radical (unpaired) electrons. The van der Waals surface area contributed by atoms with Crippen molar-refractivity contribution in [2.75, 3.05) is 25.1 Å². The Balaban J connectivity index is 2.61. The second-order valence-corrected chi connectivity index (χ2v) is 3.46. The number of rotatable bonds is 4. The highest BCUT2D eigenvalue weighted by Gasteiger charge is 2.04. The van der Waals surface area contributed by atoms with Crippen molar-refractivity contribution in [3.05, 3.63) is 11.1 Å². The number of aromatic nitrogens is 1. The standard InChI is InChI=1S/C8H14N2OS/c1-3-7-6-12-8(9-7)10(2)4-5-11/h6,11H,3-5H2,1-2H3. The molecule has 0 fully saturated rings. The summed E-state index contributed by atoms with van der Waals surface area (Å²) in [5, 5.41) is 11.7. The average Bonchev–Trinajstić information content (AvgIpc) is 2.52. The molecule has 0 aromatic carbocycles. The number of hydrogen-bond acceptors (Lipinski definition) is 4. The number of aliphatic hydroxyl groups excluding tert-OH is 1. The van der Waals surface area contributed by atoms with Crippen molar-refractivity contribution < 1.29 is 5.11 Å². The van der Waals surface area contributed by atoms with Gasteiger partial charge in [0.2, 0.25) is 0 Å². The number of thiazole rings is 1. The summed E-state index contributed by atoms with van der Waals surface area (Å²) in [5.41, 5.74) is 1.12. The van der Waals surface area contributed by atoms with E-state index in [4.69, 9.17) is 5.11 Å². The molecule has 0 unspecified atom stereocenters. The van der Waals surface area contributed by atoms with E-state index in [1.165, 1.54) is 0 Å². The molecule has 0 aliphatic carbocycles. The lowest BCUT2D eigenvalue weighted by atomic mass is 10.4. The maximum Gasteiger partial charge on any atom is 0.185 e. The summed E-state index contributed by atoms with van der Waals surface area (Å²) in [6.07, 6.45) is 0.976. The van der Waals surface area contributed by atoms with Crippen molar-refractivity contribution in [2.24, 2.45) is 0 Å². The Morgan fingerprint density at radius 3 is 2.92 bits per heavy atom. The van der Waals surface area contributed by atoms with E-state index < -0.39 is 0 Å². The van der Waals surface area contributed by atoms with Crippen molar-refractivity contribution in [2.45, 2.75) is 13.3 Å². The second-order valence-electron chi connectivity index (χ2n) is 2.62. The smallest absolute Gasteiger partial charge is 0.185 e. The van der Waals surface area contributed by atoms with Crippen LogP contribution >= 0.6 is 11.3 Å². The van der Waals surface area contributed by atoms with Crippen LogP contribution in [0, 0.1) is 0 Å². The molecule has 0 saturated heterocycles. The quantitative estimate of drug-likeness (QED) is 0.766. The summed E-state index contributed by atoms with van der Waals surface area (Å²) in [7, 11) is 1.94. The Hall–Kier alpha value is -0.610. The van der Waals surface area contributed by atoms with E-state index in [1.54, 1.807) is 11.3 Å². The Bertz CT molecular complexity index is 237. The van der Waals surface area contributed by atoms with Gasteiger partial charge in [0, 0.05) is 19.0 Å². The topological polar surface area (TPSA) is 36.4 Å². The summed E-state index contributed by atoms with van der Waals surface area (Å²) in [6.45, 7) is 2.92. The van der Waals surface area contributed by atoms with E-state index in [9.17, 15) is 0 Å². The number of nitrogens with zero attached hydrogens (tertiary/aromatic N) is 2. The predicted molar refractivity (Wildman–Crippen MR) is 51.8 cm³/mol. The molecule has 0 atom stereocenters. The Kier molecular flexibility index (Phi) is 3.49. The number of aryl methyl sites for hydroxylation is 1. The SMILES string of the molecule is CCc1csc(N(C)CCO)n1. The fraction of sp³-hybridized carbons (Fsp3) is 0.625. The molecule has 0 amide bonds. The van der Waals surface area contributed by atoms with Crippen LogP contribution < -0.4 is 4.90 Å². The first kappa shape index (κ1) is 9.48. The van der Waals surface area contributed by atoms with Gasteiger partial charge in [0.25, 0.3) is 0 Å². The maximum atomic E-state index is 8.70. The van der Waals surface area contributed by atoms with Crippen LogP contribution in [0.15, 0.2) is 5.38 Å². The zero-order valence-corrected chi connectivity index (χ0v) is 8.27. The van der Waals surface area contributed by atoms with Gasteiger partial charge < -0.3 is 10.0 Å². The molecule has 1 heterocycles. The summed E-state index contributed by atoms with van der Waals surface area (Å²) < 4.78 is 0. The van der Waals surface area contributed by atoms with Gasteiger partial charge in [-0.05, 0) is 6.42 Å². The highest BCUT2D eigenvalue weighted by atomic mass is 32.1. The molecule has 1 aromatic rings. The number of aliphatic hydroxyl groups is 1. The van der Waals surface area contributed by atoms with Crippen LogP contribution in [-0.4, -0.2) is 30.3 Å². The van der Waals surface area contributed by atoms with Gasteiger partial charge in [-0.15, -0.1) is 11.3 Å². The van der Waals surface area contributed by atoms with E-state index in [-0.39, 0.29) is 6.61 Å². The normalized spacial score (nSPS) is 10.2. The predicted octanol–water partition coefficient (Wildman–Crippen LogP) is 1.13. The van der Waals surface area contributed by atoms with Crippen molar-refractivity contribution >= 4 is 16.5 Å². The minimum Gasteiger partial charge on any atom is -0.395 e. The molecule has 4 heteroatoms. The Labute approximate surface area is 76.7 Å². The summed E-state index contributed by atoms with van der Waals surface area (Å²) >= 11 is 1.63. The Morgan fingerprint density at radius 1 is 1.67 bits per heavy atom. The first-order valence-electron chi connectivity index (χ1n) is 4.04. The van der Waals surface area contributed by atoms with Crippen LogP contribution in [0.25, 0.3) is 0 Å². The van der Waals surface area contributed by atoms with Crippen LogP contribution in [0.5, 0.6) is 0 Å². The van der Waals surface area contributed by atoms with Gasteiger partial charge in [-0.1, -0.05) is 6.92 Å². The monoisotopic (exact) mass is 186 g/mol. The molecule has 1 rings (SSSR count). The maximum absolute atomic E-state index is 8.70. The summed E-state index contributed by atoms with van der Waals surface area (Å²) in [5.74, 6) is 0. The fourth-order valence-corrected chi connectivity index (χ4v) is 1.78. The zero-order valence-electron chi connectivity index (χ0n) is 7.45. The molecule has 1 aromatic heterocycles. The third-order valence-corrected chi connectivity index (χ3v) is 2.67. The average molecular weight is 186 g/mol. The Morgan fingerprint density at radius 2 is 2.42 bits per heavy atom. The molecule has 0 spiro atoms. The summed E-state index contributed by atoms with van der Waals surface area (Å²) in [4.78, 5) is 6.34. The highest BCUT2D eigenvalue weighted by Crippen LogP contribution is 2.18. The van der Waals surface area contributed by atoms with Crippen LogP contribution in [0.2, 0.25) is 0 Å². The molecule has 0 aliphatic heterocycles. The van der Waals surface area contributed by atoms with Gasteiger partial charge >= 0.3 is 0 Å². The molecule has 0 aliphatic rings. The van der Waals surface area contributed by atoms with E-state index in [0.717, 1.165) is 17.2 Å². The van der Waals surface area contributed by atoms with Gasteiger partial charge in [0.1, 0.15) is 0 Å². The number of hydrogen-bond donors (Lipinski definition) is 1. The van der Waals surface area contributed by atoms with Crippen molar-refractivity contribution in [3.8, 4) is 0 Å². The molecular weight excluding hydrogens is 172 g/mol. The fourth-order valence-electron chi connectivity index (χ4n) is 0.880. The van der Waals surface area contributed by atoms with E-state index in [0.29, 0.717) is 6.54 Å². The number of likely N-dealkylation sites (N-methyl/N-ethyl adjacent to an activating group) is 1. The van der Waals surface area contributed by atoms with Crippen molar-refractivity contribution in [1.29, 1.82) is 0 Å². The van der Waals surface area contributed by atoms with E-state index >= 15 is 0 Å². The van der Waals surface area contributed by atoms with Gasteiger partial charge in [-0.3, -0.25) is 0 Å². The van der Waals surface area contributed by atoms with Gasteiger partial charge in [-0.25, -0.2) is 4.98 Å². The minimum absolute atomic E-state index is 0.178. The third-order valence-electron chi connectivity index (χ3n) is 1.66. The molecule has 68 valence electrons. The molecule has 1 N–H and O–H groups in total. The molecule has 0 saturated carbocycles. The molecule has 0 bridgehead atoms. The lowest BCUT2D eigenvalue weighted by Gasteiger charge is -2.12. The van der Waals surface area contributed by atoms with Gasteiger partial charge in [-0.2, -0.15) is 0 Å². The second kappa shape index (κ2) is 4.42. The summed E-state index contributed by atoms with van der Waals surface area (Å²) in [6, 6.07) is 0. The lowest BCUT2D eigenvalue weighted by Crippen LogP contribution is -2.20. The highest BCUT2D eigenvalue weighted by molar-refractivity contribution is 7.13. The largest absolute Gasteiger partial charge is 0.395 e. The lowest BCUT2D eigenvalue weighted by molar-refractivity contribution is 0.304. The number of anilines is 1. The molecule has 3 nitrogen and oxygen atoms in total. The van der Waals surface area contributed by atoms with E-state index in [2.05, 4.69) is 17.3 Å².